The average Bonchev–Trinajstić information content (AvgIpc) is 2.70. The summed E-state index contributed by atoms with van der Waals surface area (Å²) in [5.41, 5.74) is 8.53. The van der Waals surface area contributed by atoms with Crippen LogP contribution in [0.25, 0.3) is 0 Å². The number of anilines is 1. The van der Waals surface area contributed by atoms with E-state index in [4.69, 9.17) is 16.2 Å². The number of carbonyl (C=O) groups excluding carboxylic acids is 2. The van der Waals surface area contributed by atoms with Crippen molar-refractivity contribution in [3.63, 3.8) is 0 Å². The predicted octanol–water partition coefficient (Wildman–Crippen LogP) is 2.51. The molecule has 0 aliphatic rings. The molecule has 0 saturated carbocycles. The van der Waals surface area contributed by atoms with Gasteiger partial charge in [-0.05, 0) is 54.8 Å². The van der Waals surface area contributed by atoms with E-state index < -0.39 is 0 Å². The maximum atomic E-state index is 12.1. The number of hydrogen-bond acceptors (Lipinski definition) is 5. The molecule has 0 radical (unpaired) electrons. The van der Waals surface area contributed by atoms with Crippen molar-refractivity contribution in [2.24, 2.45) is 0 Å². The van der Waals surface area contributed by atoms with E-state index in [1.165, 1.54) is 12.2 Å². The molecule has 0 bridgehead atoms. The van der Waals surface area contributed by atoms with Crippen LogP contribution in [0.5, 0.6) is 0 Å². The second kappa shape index (κ2) is 10.8. The van der Waals surface area contributed by atoms with Crippen LogP contribution >= 0.6 is 0 Å². The lowest BCUT2D eigenvalue weighted by Crippen LogP contribution is -2.25. The van der Waals surface area contributed by atoms with E-state index in [1.54, 1.807) is 30.3 Å². The Hall–Kier alpha value is -3.25. The molecule has 0 saturated heterocycles. The van der Waals surface area contributed by atoms with Crippen LogP contribution in [0.3, 0.4) is 0 Å². The number of ketones is 1. The van der Waals surface area contributed by atoms with E-state index in [9.17, 15) is 9.59 Å². The summed E-state index contributed by atoms with van der Waals surface area (Å²) in [7, 11) is 0. The third-order valence-electron chi connectivity index (χ3n) is 4.10. The molecule has 0 unspecified atom stereocenters. The number of benzene rings is 2. The summed E-state index contributed by atoms with van der Waals surface area (Å²) >= 11 is 0. The third-order valence-corrected chi connectivity index (χ3v) is 4.10. The Morgan fingerprint density at radius 1 is 1.07 bits per heavy atom. The van der Waals surface area contributed by atoms with Gasteiger partial charge in [0.2, 0.25) is 0 Å². The van der Waals surface area contributed by atoms with Gasteiger partial charge in [0.1, 0.15) is 0 Å². The topological polar surface area (TPSA) is 116 Å². The molecular formula is C22H25N3O3. The Morgan fingerprint density at radius 3 is 2.57 bits per heavy atom. The first-order valence-corrected chi connectivity index (χ1v) is 9.13. The smallest absolute Gasteiger partial charge is 0.251 e. The van der Waals surface area contributed by atoms with Crippen molar-refractivity contribution in [1.29, 1.82) is 5.41 Å². The van der Waals surface area contributed by atoms with Crippen LogP contribution in [0.15, 0.2) is 60.7 Å². The minimum Gasteiger partial charge on any atom is -0.399 e. The Kier molecular flexibility index (Phi) is 8.11. The molecular weight excluding hydrogens is 354 g/mol. The number of amides is 1. The van der Waals surface area contributed by atoms with Crippen molar-refractivity contribution in [2.75, 3.05) is 18.9 Å². The zero-order valence-corrected chi connectivity index (χ0v) is 15.7. The molecule has 1 amide bonds. The van der Waals surface area contributed by atoms with Crippen molar-refractivity contribution < 1.29 is 14.7 Å². The first-order chi connectivity index (χ1) is 13.5. The highest BCUT2D eigenvalue weighted by Gasteiger charge is 2.07. The fourth-order valence-electron chi connectivity index (χ4n) is 2.58. The van der Waals surface area contributed by atoms with Crippen molar-refractivity contribution in [1.82, 2.24) is 5.32 Å². The molecule has 0 atom stereocenters. The molecule has 2 aromatic rings. The van der Waals surface area contributed by atoms with E-state index in [-0.39, 0.29) is 24.0 Å². The molecule has 0 aliphatic carbocycles. The van der Waals surface area contributed by atoms with Crippen LogP contribution in [-0.4, -0.2) is 35.7 Å². The molecule has 0 aliphatic heterocycles. The van der Waals surface area contributed by atoms with Gasteiger partial charge in [-0.15, -0.1) is 0 Å². The van der Waals surface area contributed by atoms with Gasteiger partial charge in [0.25, 0.3) is 5.91 Å². The Balaban J connectivity index is 1.91. The van der Waals surface area contributed by atoms with Crippen LogP contribution in [0.4, 0.5) is 5.69 Å². The zero-order valence-electron chi connectivity index (χ0n) is 15.7. The number of aliphatic hydroxyl groups excluding tert-OH is 1. The molecule has 146 valence electrons. The van der Waals surface area contributed by atoms with Crippen molar-refractivity contribution in [3.8, 4) is 0 Å². The van der Waals surface area contributed by atoms with Gasteiger partial charge in [-0.3, -0.25) is 9.59 Å². The molecule has 6 heteroatoms. The minimum atomic E-state index is -0.259. The third kappa shape index (κ3) is 6.81. The number of carbonyl (C=O) groups is 2. The number of nitrogens with two attached hydrogens (primary N) is 1. The number of rotatable bonds is 10. The van der Waals surface area contributed by atoms with Crippen molar-refractivity contribution >= 4 is 23.1 Å². The van der Waals surface area contributed by atoms with Gasteiger partial charge in [-0.1, -0.05) is 24.3 Å². The van der Waals surface area contributed by atoms with Gasteiger partial charge in [0, 0.05) is 36.4 Å². The van der Waals surface area contributed by atoms with Gasteiger partial charge in [-0.25, -0.2) is 0 Å². The lowest BCUT2D eigenvalue weighted by Gasteiger charge is -2.06. The number of nitrogen functional groups attached to an aromatic ring is 1. The highest BCUT2D eigenvalue weighted by Crippen LogP contribution is 2.10. The van der Waals surface area contributed by atoms with Gasteiger partial charge in [-0.2, -0.15) is 0 Å². The summed E-state index contributed by atoms with van der Waals surface area (Å²) in [5.74, 6) is -0.338. The highest BCUT2D eigenvalue weighted by atomic mass is 16.3. The zero-order chi connectivity index (χ0) is 20.4. The number of aliphatic hydroxyl groups is 1. The average molecular weight is 379 g/mol. The van der Waals surface area contributed by atoms with E-state index in [1.807, 2.05) is 18.2 Å². The highest BCUT2D eigenvalue weighted by molar-refractivity contribution is 6.10. The number of nitrogens with one attached hydrogen (secondary N) is 2. The summed E-state index contributed by atoms with van der Waals surface area (Å²) in [6.07, 6.45) is 4.25. The lowest BCUT2D eigenvalue weighted by molar-refractivity contribution is -0.114. The van der Waals surface area contributed by atoms with Crippen LogP contribution in [0.1, 0.15) is 34.3 Å². The summed E-state index contributed by atoms with van der Waals surface area (Å²) < 4.78 is 0. The largest absolute Gasteiger partial charge is 0.399 e. The molecule has 28 heavy (non-hydrogen) atoms. The summed E-state index contributed by atoms with van der Waals surface area (Å²) in [4.78, 5) is 24.1. The van der Waals surface area contributed by atoms with Crippen molar-refractivity contribution in [3.05, 3.63) is 77.4 Å². The van der Waals surface area contributed by atoms with Gasteiger partial charge >= 0.3 is 0 Å². The first-order valence-electron chi connectivity index (χ1n) is 9.13. The quantitative estimate of drug-likeness (QED) is 0.220. The van der Waals surface area contributed by atoms with E-state index in [0.717, 1.165) is 5.56 Å². The monoisotopic (exact) mass is 379 g/mol. The van der Waals surface area contributed by atoms with Crippen LogP contribution in [0, 0.1) is 5.41 Å². The molecule has 0 fully saturated rings. The summed E-state index contributed by atoms with van der Waals surface area (Å²) in [6, 6.07) is 14.1. The maximum Gasteiger partial charge on any atom is 0.251 e. The van der Waals surface area contributed by atoms with E-state index in [2.05, 4.69) is 5.32 Å². The van der Waals surface area contributed by atoms with Crippen LogP contribution in [-0.2, 0) is 11.2 Å². The maximum absolute atomic E-state index is 12.1. The number of aryl methyl sites for hydroxylation is 1. The number of hydrogen-bond donors (Lipinski definition) is 4. The Morgan fingerprint density at radius 2 is 1.82 bits per heavy atom. The van der Waals surface area contributed by atoms with Crippen LogP contribution in [0.2, 0.25) is 0 Å². The Bertz CT molecular complexity index is 875. The second-order valence-electron chi connectivity index (χ2n) is 6.37. The normalized spacial score (nSPS) is 10.8. The lowest BCUT2D eigenvalue weighted by atomic mass is 10.0. The Labute approximate surface area is 164 Å². The summed E-state index contributed by atoms with van der Waals surface area (Å²) in [6.45, 7) is 0.403. The van der Waals surface area contributed by atoms with Gasteiger partial charge in [0.05, 0.1) is 5.71 Å². The van der Waals surface area contributed by atoms with E-state index >= 15 is 0 Å². The molecule has 0 heterocycles. The molecule has 6 nitrogen and oxygen atoms in total. The van der Waals surface area contributed by atoms with Crippen LogP contribution < -0.4 is 11.1 Å². The first kappa shape index (κ1) is 21.1. The molecule has 5 N–H and O–H groups in total. The second-order valence-corrected chi connectivity index (χ2v) is 6.37. The number of allylic oxidation sites excluding steroid dienone is 2. The van der Waals surface area contributed by atoms with Gasteiger partial charge in [0.15, 0.2) is 5.78 Å². The molecule has 2 rings (SSSR count). The van der Waals surface area contributed by atoms with E-state index in [0.29, 0.717) is 42.6 Å². The van der Waals surface area contributed by atoms with Crippen molar-refractivity contribution in [2.45, 2.75) is 19.3 Å². The summed E-state index contributed by atoms with van der Waals surface area (Å²) in [5, 5.41) is 19.6. The fourth-order valence-corrected chi connectivity index (χ4v) is 2.58. The molecule has 0 spiro atoms. The standard InChI is InChI=1S/C22H25N3O3/c23-19-7-1-4-16(14-19)8-9-20(27)10-11-21(24)17-5-2-6-18(15-17)22(28)25-12-3-13-26/h1-2,4-7,10-11,14-15,24,26H,3,8-9,12-13,23H2,(H,25,28)/b11-10-,24-21?. The van der Waals surface area contributed by atoms with Gasteiger partial charge < -0.3 is 21.6 Å². The SMILES string of the molecule is N=C(/C=C\C(=O)CCc1cccc(N)c1)c1cccc(C(=O)NCCCO)c1. The molecule has 2 aromatic carbocycles. The fraction of sp³-hybridized carbons (Fsp3) is 0.227. The minimum absolute atomic E-state index is 0.0153. The predicted molar refractivity (Wildman–Crippen MR) is 111 cm³/mol. The molecule has 0 aromatic heterocycles.